The van der Waals surface area contributed by atoms with E-state index in [0.29, 0.717) is 31.7 Å². The zero-order valence-corrected chi connectivity index (χ0v) is 10.6. The first-order chi connectivity index (χ1) is 9.16. The first-order valence-corrected chi connectivity index (χ1v) is 6.35. The van der Waals surface area contributed by atoms with Crippen LogP contribution < -0.4 is 4.74 Å². The van der Waals surface area contributed by atoms with Gasteiger partial charge in [-0.2, -0.15) is 0 Å². The molecule has 0 aromatic heterocycles. The molecule has 1 heterocycles. The molecule has 0 radical (unpaired) electrons. The van der Waals surface area contributed by atoms with Gasteiger partial charge in [0, 0.05) is 13.1 Å². The lowest BCUT2D eigenvalue weighted by Crippen LogP contribution is -2.42. The zero-order valence-electron chi connectivity index (χ0n) is 10.6. The predicted molar refractivity (Wildman–Crippen MR) is 68.9 cm³/mol. The second-order valence-electron chi connectivity index (χ2n) is 4.60. The van der Waals surface area contributed by atoms with E-state index in [1.807, 2.05) is 18.2 Å². The van der Waals surface area contributed by atoms with Crippen LogP contribution >= 0.6 is 0 Å². The van der Waals surface area contributed by atoms with Crippen LogP contribution in [0.1, 0.15) is 12.8 Å². The van der Waals surface area contributed by atoms with Gasteiger partial charge in [-0.15, -0.1) is 0 Å². The number of amides is 1. The lowest BCUT2D eigenvalue weighted by atomic mass is 9.97. The van der Waals surface area contributed by atoms with Crippen molar-refractivity contribution >= 4 is 11.9 Å². The molecule has 1 saturated heterocycles. The number of nitrogens with zero attached hydrogens (tertiary/aromatic N) is 1. The summed E-state index contributed by atoms with van der Waals surface area (Å²) in [5.41, 5.74) is 0. The van der Waals surface area contributed by atoms with E-state index >= 15 is 0 Å². The predicted octanol–water partition coefficient (Wildman–Crippen LogP) is 1.39. The Morgan fingerprint density at radius 1 is 1.21 bits per heavy atom. The van der Waals surface area contributed by atoms with Crippen LogP contribution in [0, 0.1) is 5.92 Å². The van der Waals surface area contributed by atoms with E-state index in [-0.39, 0.29) is 18.4 Å². The topological polar surface area (TPSA) is 66.8 Å². The van der Waals surface area contributed by atoms with Crippen LogP contribution in [-0.4, -0.2) is 41.6 Å². The van der Waals surface area contributed by atoms with Crippen molar-refractivity contribution in [3.63, 3.8) is 0 Å². The van der Waals surface area contributed by atoms with Gasteiger partial charge >= 0.3 is 5.97 Å². The Kier molecular flexibility index (Phi) is 4.39. The Morgan fingerprint density at radius 2 is 1.84 bits per heavy atom. The van der Waals surface area contributed by atoms with Gasteiger partial charge in [0.05, 0.1) is 5.92 Å². The molecule has 1 N–H and O–H groups in total. The van der Waals surface area contributed by atoms with Crippen molar-refractivity contribution in [2.45, 2.75) is 12.8 Å². The van der Waals surface area contributed by atoms with Gasteiger partial charge in [-0.3, -0.25) is 9.59 Å². The molecule has 1 aliphatic rings. The Hall–Kier alpha value is -2.04. The number of carbonyl (C=O) groups excluding carboxylic acids is 1. The van der Waals surface area contributed by atoms with Crippen LogP contribution in [-0.2, 0) is 9.59 Å². The molecule has 0 saturated carbocycles. The Balaban J connectivity index is 1.77. The molecule has 2 rings (SSSR count). The smallest absolute Gasteiger partial charge is 0.306 e. The summed E-state index contributed by atoms with van der Waals surface area (Å²) < 4.78 is 5.39. The highest BCUT2D eigenvalue weighted by Crippen LogP contribution is 2.17. The molecule has 5 nitrogen and oxygen atoms in total. The van der Waals surface area contributed by atoms with Crippen molar-refractivity contribution in [3.05, 3.63) is 30.3 Å². The number of rotatable bonds is 4. The molecule has 1 aliphatic heterocycles. The molecule has 102 valence electrons. The van der Waals surface area contributed by atoms with Crippen LogP contribution in [0.5, 0.6) is 5.75 Å². The quantitative estimate of drug-likeness (QED) is 0.891. The largest absolute Gasteiger partial charge is 0.484 e. The van der Waals surface area contributed by atoms with Crippen molar-refractivity contribution in [3.8, 4) is 5.75 Å². The Labute approximate surface area is 111 Å². The average molecular weight is 263 g/mol. The Bertz CT molecular complexity index is 438. The van der Waals surface area contributed by atoms with E-state index in [1.165, 1.54) is 0 Å². The monoisotopic (exact) mass is 263 g/mol. The third-order valence-electron chi connectivity index (χ3n) is 3.30. The lowest BCUT2D eigenvalue weighted by molar-refractivity contribution is -0.146. The van der Waals surface area contributed by atoms with Crippen molar-refractivity contribution in [1.29, 1.82) is 0 Å². The summed E-state index contributed by atoms with van der Waals surface area (Å²) >= 11 is 0. The number of likely N-dealkylation sites (tertiary alicyclic amines) is 1. The fourth-order valence-electron chi connectivity index (χ4n) is 2.13. The second kappa shape index (κ2) is 6.22. The number of ether oxygens (including phenoxy) is 1. The summed E-state index contributed by atoms with van der Waals surface area (Å²) in [5, 5.41) is 8.89. The molecule has 0 bridgehead atoms. The lowest BCUT2D eigenvalue weighted by Gasteiger charge is -2.30. The summed E-state index contributed by atoms with van der Waals surface area (Å²) in [6.45, 7) is 0.990. The minimum atomic E-state index is -0.771. The maximum atomic E-state index is 11.9. The standard InChI is InChI=1S/C14H17NO4/c16-13(10-19-12-4-2-1-3-5-12)15-8-6-11(7-9-15)14(17)18/h1-5,11H,6-10H2,(H,17,18). The number of piperidine rings is 1. The first-order valence-electron chi connectivity index (χ1n) is 6.35. The molecule has 0 aliphatic carbocycles. The van der Waals surface area contributed by atoms with E-state index in [0.717, 1.165) is 0 Å². The number of hydrogen-bond acceptors (Lipinski definition) is 3. The van der Waals surface area contributed by atoms with E-state index in [1.54, 1.807) is 17.0 Å². The van der Waals surface area contributed by atoms with Crippen LogP contribution in [0.3, 0.4) is 0 Å². The molecule has 19 heavy (non-hydrogen) atoms. The molecule has 0 spiro atoms. The van der Waals surface area contributed by atoms with Gasteiger partial charge in [-0.05, 0) is 25.0 Å². The normalized spacial score (nSPS) is 16.1. The Morgan fingerprint density at radius 3 is 2.42 bits per heavy atom. The van der Waals surface area contributed by atoms with E-state index in [2.05, 4.69) is 0 Å². The maximum absolute atomic E-state index is 11.9. The number of carboxylic acid groups (broad SMARTS) is 1. The number of para-hydroxylation sites is 1. The molecule has 1 aromatic carbocycles. The van der Waals surface area contributed by atoms with Crippen LogP contribution in [0.25, 0.3) is 0 Å². The zero-order chi connectivity index (χ0) is 13.7. The number of carboxylic acids is 1. The van der Waals surface area contributed by atoms with Gasteiger partial charge in [0.2, 0.25) is 0 Å². The van der Waals surface area contributed by atoms with Gasteiger partial charge < -0.3 is 14.7 Å². The summed E-state index contributed by atoms with van der Waals surface area (Å²) in [6.07, 6.45) is 1.04. The highest BCUT2D eigenvalue weighted by Gasteiger charge is 2.26. The molecule has 1 aromatic rings. The number of carbonyl (C=O) groups is 2. The summed E-state index contributed by atoms with van der Waals surface area (Å²) in [7, 11) is 0. The van der Waals surface area contributed by atoms with Gasteiger partial charge in [0.25, 0.3) is 5.91 Å². The summed E-state index contributed by atoms with van der Waals surface area (Å²) in [6, 6.07) is 9.16. The minimum absolute atomic E-state index is 0.00174. The molecular weight excluding hydrogens is 246 g/mol. The van der Waals surface area contributed by atoms with Gasteiger partial charge in [-0.25, -0.2) is 0 Å². The van der Waals surface area contributed by atoms with Crippen molar-refractivity contribution in [2.75, 3.05) is 19.7 Å². The molecule has 0 unspecified atom stereocenters. The van der Waals surface area contributed by atoms with Crippen LogP contribution in [0.4, 0.5) is 0 Å². The summed E-state index contributed by atoms with van der Waals surface area (Å²) in [5.74, 6) is -0.518. The molecule has 1 fully saturated rings. The third-order valence-corrected chi connectivity index (χ3v) is 3.30. The number of benzene rings is 1. The summed E-state index contributed by atoms with van der Waals surface area (Å²) in [4.78, 5) is 24.4. The van der Waals surface area contributed by atoms with Crippen molar-refractivity contribution in [1.82, 2.24) is 4.90 Å². The van der Waals surface area contributed by atoms with Crippen molar-refractivity contribution < 1.29 is 19.4 Å². The van der Waals surface area contributed by atoms with E-state index in [4.69, 9.17) is 9.84 Å². The minimum Gasteiger partial charge on any atom is -0.484 e. The van der Waals surface area contributed by atoms with Gasteiger partial charge in [-0.1, -0.05) is 18.2 Å². The van der Waals surface area contributed by atoms with E-state index in [9.17, 15) is 9.59 Å². The first kappa shape index (κ1) is 13.4. The second-order valence-corrected chi connectivity index (χ2v) is 4.60. The van der Waals surface area contributed by atoms with Crippen LogP contribution in [0.2, 0.25) is 0 Å². The fourth-order valence-corrected chi connectivity index (χ4v) is 2.13. The molecule has 5 heteroatoms. The molecule has 0 atom stereocenters. The van der Waals surface area contributed by atoms with Gasteiger partial charge in [0.1, 0.15) is 5.75 Å². The number of aliphatic carboxylic acids is 1. The highest BCUT2D eigenvalue weighted by atomic mass is 16.5. The number of hydrogen-bond donors (Lipinski definition) is 1. The van der Waals surface area contributed by atoms with E-state index < -0.39 is 5.97 Å². The SMILES string of the molecule is O=C(O)C1CCN(C(=O)COc2ccccc2)CC1. The molecular formula is C14H17NO4. The molecule has 1 amide bonds. The average Bonchev–Trinajstić information content (AvgIpc) is 2.46. The fraction of sp³-hybridized carbons (Fsp3) is 0.429. The highest BCUT2D eigenvalue weighted by molar-refractivity contribution is 5.78. The maximum Gasteiger partial charge on any atom is 0.306 e. The third kappa shape index (κ3) is 3.71. The van der Waals surface area contributed by atoms with Crippen molar-refractivity contribution in [2.24, 2.45) is 5.92 Å². The van der Waals surface area contributed by atoms with Gasteiger partial charge in [0.15, 0.2) is 6.61 Å². The van der Waals surface area contributed by atoms with Crippen LogP contribution in [0.15, 0.2) is 30.3 Å².